The molecule has 6 nitrogen and oxygen atoms in total. The molecule has 1 heterocycles. The lowest BCUT2D eigenvalue weighted by atomic mass is 10.2. The van der Waals surface area contributed by atoms with Crippen LogP contribution in [-0.2, 0) is 0 Å². The molecule has 1 aromatic heterocycles. The Bertz CT molecular complexity index is 713. The van der Waals surface area contributed by atoms with E-state index in [1.165, 1.54) is 12.1 Å². The first-order chi connectivity index (χ1) is 12.8. The lowest BCUT2D eigenvalue weighted by Crippen LogP contribution is -2.27. The first kappa shape index (κ1) is 19.2. The largest absolute Gasteiger partial charge is 0.494 e. The summed E-state index contributed by atoms with van der Waals surface area (Å²) in [5, 5.41) is 14.4. The third kappa shape index (κ3) is 7.62. The van der Waals surface area contributed by atoms with Gasteiger partial charge in [0.2, 0.25) is 5.96 Å². The van der Waals surface area contributed by atoms with Gasteiger partial charge in [0.1, 0.15) is 11.6 Å². The summed E-state index contributed by atoms with van der Waals surface area (Å²) in [6, 6.07) is 9.64. The van der Waals surface area contributed by atoms with E-state index >= 15 is 0 Å². The molecule has 0 aliphatic carbocycles. The molecule has 0 aliphatic heterocycles. The molecule has 7 heteroatoms. The van der Waals surface area contributed by atoms with Crippen molar-refractivity contribution < 1.29 is 9.13 Å². The predicted octanol–water partition coefficient (Wildman–Crippen LogP) is 3.70. The van der Waals surface area contributed by atoms with Crippen LogP contribution in [0, 0.1) is 17.3 Å². The number of aromatic nitrogens is 1. The Morgan fingerprint density at radius 2 is 1.81 bits per heavy atom. The van der Waals surface area contributed by atoms with Crippen LogP contribution in [0.4, 0.5) is 10.1 Å². The monoisotopic (exact) mass is 355 g/mol. The number of nitrogens with zero attached hydrogens (tertiary/aromatic N) is 3. The molecule has 0 saturated heterocycles. The smallest absolute Gasteiger partial charge is 0.209 e. The molecule has 0 radical (unpaired) electrons. The number of hydrogen-bond acceptors (Lipinski definition) is 4. The molecule has 0 bridgehead atoms. The summed E-state index contributed by atoms with van der Waals surface area (Å²) in [6.45, 7) is 1.24. The standard InChI is InChI=1S/C19H22FN5O/c20-16-5-7-18(8-6-16)26-14-4-2-1-3-11-23-19(24-15-21)25-17-9-12-22-13-10-17/h5-10,12-13H,1-4,11,14H2,(H2,22,23,24,25). The van der Waals surface area contributed by atoms with Crippen LogP contribution in [0.5, 0.6) is 5.75 Å². The third-order valence-electron chi connectivity index (χ3n) is 3.52. The van der Waals surface area contributed by atoms with Gasteiger partial charge in [-0.05, 0) is 55.7 Å². The number of halogens is 1. The van der Waals surface area contributed by atoms with Crippen molar-refractivity contribution in [1.82, 2.24) is 10.3 Å². The summed E-state index contributed by atoms with van der Waals surface area (Å²) in [6.07, 6.45) is 9.11. The maximum atomic E-state index is 12.8. The van der Waals surface area contributed by atoms with Crippen LogP contribution in [0.25, 0.3) is 0 Å². The Balaban J connectivity index is 1.59. The van der Waals surface area contributed by atoms with Gasteiger partial charge in [-0.15, -0.1) is 0 Å². The fourth-order valence-corrected chi connectivity index (χ4v) is 2.21. The van der Waals surface area contributed by atoms with Gasteiger partial charge in [-0.1, -0.05) is 6.42 Å². The van der Waals surface area contributed by atoms with E-state index in [1.54, 1.807) is 36.7 Å². The van der Waals surface area contributed by atoms with Crippen LogP contribution >= 0.6 is 0 Å². The molecule has 26 heavy (non-hydrogen) atoms. The van der Waals surface area contributed by atoms with Crippen molar-refractivity contribution in [3.63, 3.8) is 0 Å². The SMILES string of the molecule is N#CNC(=NCCCCCCOc1ccc(F)cc1)Nc1ccncc1. The minimum Gasteiger partial charge on any atom is -0.494 e. The van der Waals surface area contributed by atoms with Crippen molar-refractivity contribution in [2.75, 3.05) is 18.5 Å². The van der Waals surface area contributed by atoms with Gasteiger partial charge in [0, 0.05) is 24.6 Å². The van der Waals surface area contributed by atoms with E-state index in [0.29, 0.717) is 24.9 Å². The topological polar surface area (TPSA) is 82.3 Å². The summed E-state index contributed by atoms with van der Waals surface area (Å²) >= 11 is 0. The van der Waals surface area contributed by atoms with Crippen LogP contribution in [0.1, 0.15) is 25.7 Å². The van der Waals surface area contributed by atoms with Gasteiger partial charge in [0.05, 0.1) is 6.61 Å². The number of pyridine rings is 1. The van der Waals surface area contributed by atoms with Crippen LogP contribution < -0.4 is 15.4 Å². The maximum Gasteiger partial charge on any atom is 0.209 e. The molecule has 0 spiro atoms. The van der Waals surface area contributed by atoms with Crippen molar-refractivity contribution in [1.29, 1.82) is 5.26 Å². The highest BCUT2D eigenvalue weighted by Gasteiger charge is 1.99. The fourth-order valence-electron chi connectivity index (χ4n) is 2.21. The van der Waals surface area contributed by atoms with Crippen molar-refractivity contribution in [2.24, 2.45) is 4.99 Å². The molecular formula is C19H22FN5O. The second-order valence-electron chi connectivity index (χ2n) is 5.54. The molecule has 1 aromatic carbocycles. The lowest BCUT2D eigenvalue weighted by Gasteiger charge is -2.08. The maximum absolute atomic E-state index is 12.8. The number of anilines is 1. The van der Waals surface area contributed by atoms with E-state index in [-0.39, 0.29) is 5.82 Å². The molecule has 2 rings (SSSR count). The van der Waals surface area contributed by atoms with Crippen LogP contribution in [0.2, 0.25) is 0 Å². The third-order valence-corrected chi connectivity index (χ3v) is 3.52. The Morgan fingerprint density at radius 3 is 2.54 bits per heavy atom. The molecule has 0 unspecified atom stereocenters. The normalized spacial score (nSPS) is 10.8. The van der Waals surface area contributed by atoms with Gasteiger partial charge in [0.15, 0.2) is 6.19 Å². The number of benzene rings is 1. The van der Waals surface area contributed by atoms with E-state index in [1.807, 2.05) is 6.19 Å². The number of aliphatic imine (C=N–C) groups is 1. The Morgan fingerprint density at radius 1 is 1.08 bits per heavy atom. The highest BCUT2D eigenvalue weighted by molar-refractivity contribution is 5.94. The van der Waals surface area contributed by atoms with Gasteiger partial charge in [-0.3, -0.25) is 15.3 Å². The first-order valence-electron chi connectivity index (χ1n) is 8.53. The summed E-state index contributed by atoms with van der Waals surface area (Å²) in [4.78, 5) is 8.31. The van der Waals surface area contributed by atoms with Crippen LogP contribution in [0.15, 0.2) is 53.8 Å². The quantitative estimate of drug-likeness (QED) is 0.236. The van der Waals surface area contributed by atoms with Crippen molar-refractivity contribution in [3.8, 4) is 11.9 Å². The van der Waals surface area contributed by atoms with E-state index in [4.69, 9.17) is 10.00 Å². The molecular weight excluding hydrogens is 333 g/mol. The number of guanidine groups is 1. The van der Waals surface area contributed by atoms with Crippen LogP contribution in [-0.4, -0.2) is 24.1 Å². The fraction of sp³-hybridized carbons (Fsp3) is 0.316. The summed E-state index contributed by atoms with van der Waals surface area (Å²) in [5.74, 6) is 0.852. The molecule has 2 aromatic rings. The number of nitrogens with one attached hydrogen (secondary N) is 2. The van der Waals surface area contributed by atoms with Crippen molar-refractivity contribution in [2.45, 2.75) is 25.7 Å². The zero-order valence-electron chi connectivity index (χ0n) is 14.5. The Labute approximate surface area is 152 Å². The predicted molar refractivity (Wildman–Crippen MR) is 99.3 cm³/mol. The highest BCUT2D eigenvalue weighted by atomic mass is 19.1. The van der Waals surface area contributed by atoms with Crippen molar-refractivity contribution in [3.05, 3.63) is 54.6 Å². The number of nitriles is 1. The zero-order chi connectivity index (χ0) is 18.5. The second kappa shape index (κ2) is 11.4. The molecule has 0 amide bonds. The molecule has 0 saturated carbocycles. The average Bonchev–Trinajstić information content (AvgIpc) is 2.66. The number of unbranched alkanes of at least 4 members (excludes halogenated alkanes) is 3. The van der Waals surface area contributed by atoms with Gasteiger partial charge in [-0.25, -0.2) is 4.39 Å². The van der Waals surface area contributed by atoms with Gasteiger partial charge in [0.25, 0.3) is 0 Å². The molecule has 0 fully saturated rings. The summed E-state index contributed by atoms with van der Waals surface area (Å²) in [7, 11) is 0. The van der Waals surface area contributed by atoms with Gasteiger partial charge >= 0.3 is 0 Å². The van der Waals surface area contributed by atoms with Crippen molar-refractivity contribution >= 4 is 11.6 Å². The van der Waals surface area contributed by atoms with Gasteiger partial charge < -0.3 is 10.1 Å². The molecule has 136 valence electrons. The molecule has 2 N–H and O–H groups in total. The van der Waals surface area contributed by atoms with E-state index in [2.05, 4.69) is 20.6 Å². The van der Waals surface area contributed by atoms with E-state index < -0.39 is 0 Å². The van der Waals surface area contributed by atoms with Crippen LogP contribution in [0.3, 0.4) is 0 Å². The zero-order valence-corrected chi connectivity index (χ0v) is 14.5. The lowest BCUT2D eigenvalue weighted by molar-refractivity contribution is 0.304. The summed E-state index contributed by atoms with van der Waals surface area (Å²) < 4.78 is 18.3. The molecule has 0 atom stereocenters. The minimum atomic E-state index is -0.262. The molecule has 0 aliphatic rings. The minimum absolute atomic E-state index is 0.262. The number of hydrogen-bond donors (Lipinski definition) is 2. The number of ether oxygens (including phenoxy) is 1. The average molecular weight is 355 g/mol. The number of rotatable bonds is 9. The second-order valence-corrected chi connectivity index (χ2v) is 5.54. The Hall–Kier alpha value is -3.14. The Kier molecular flexibility index (Phi) is 8.43. The van der Waals surface area contributed by atoms with E-state index in [0.717, 1.165) is 31.4 Å². The van der Waals surface area contributed by atoms with E-state index in [9.17, 15) is 4.39 Å². The van der Waals surface area contributed by atoms with Gasteiger partial charge in [-0.2, -0.15) is 5.26 Å². The summed E-state index contributed by atoms with van der Waals surface area (Å²) in [5.41, 5.74) is 0.819. The highest BCUT2D eigenvalue weighted by Crippen LogP contribution is 2.12. The first-order valence-corrected chi connectivity index (χ1v) is 8.53.